The second-order valence-electron chi connectivity index (χ2n) is 5.42. The van der Waals surface area contributed by atoms with Crippen molar-refractivity contribution in [1.82, 2.24) is 20.4 Å². The summed E-state index contributed by atoms with van der Waals surface area (Å²) in [6, 6.07) is 10.0. The highest BCUT2D eigenvalue weighted by molar-refractivity contribution is 5.94. The minimum absolute atomic E-state index is 0. The molecule has 1 saturated heterocycles. The lowest BCUT2D eigenvalue weighted by Gasteiger charge is -2.17. The lowest BCUT2D eigenvalue weighted by Crippen LogP contribution is -2.43. The van der Waals surface area contributed by atoms with Crippen molar-refractivity contribution in [2.45, 2.75) is 18.7 Å². The number of nitrogens with zero attached hydrogens (tertiary/aromatic N) is 2. The number of hydrogen-bond acceptors (Lipinski definition) is 4. The summed E-state index contributed by atoms with van der Waals surface area (Å²) in [7, 11) is 1.66. The number of hydrogen-bond donors (Lipinski definition) is 2. The van der Waals surface area contributed by atoms with E-state index in [4.69, 9.17) is 4.74 Å². The van der Waals surface area contributed by atoms with E-state index in [1.807, 2.05) is 30.3 Å². The number of rotatable bonds is 5. The maximum absolute atomic E-state index is 12.3. The molecule has 3 rings (SSSR count). The van der Waals surface area contributed by atoms with Crippen LogP contribution in [0.3, 0.4) is 0 Å². The summed E-state index contributed by atoms with van der Waals surface area (Å²) in [5.74, 6) is -0.116. The molecule has 1 unspecified atom stereocenters. The van der Waals surface area contributed by atoms with Crippen LogP contribution in [0.25, 0.3) is 0 Å². The van der Waals surface area contributed by atoms with Gasteiger partial charge in [-0.05, 0) is 5.56 Å². The molecule has 2 N–H and O–H groups in total. The van der Waals surface area contributed by atoms with Crippen molar-refractivity contribution in [1.29, 1.82) is 0 Å². The molecule has 124 valence electrons. The van der Waals surface area contributed by atoms with E-state index >= 15 is 0 Å². The molecular weight excluding hydrogens is 316 g/mol. The molecule has 2 heterocycles. The molecule has 0 bridgehead atoms. The smallest absolute Gasteiger partial charge is 0.254 e. The number of benzene rings is 1. The van der Waals surface area contributed by atoms with Crippen LogP contribution >= 0.6 is 12.4 Å². The molecule has 6 nitrogen and oxygen atoms in total. The average molecular weight is 337 g/mol. The van der Waals surface area contributed by atoms with Crippen molar-refractivity contribution in [3.05, 3.63) is 53.9 Å². The normalized spacial score (nSPS) is 20.0. The van der Waals surface area contributed by atoms with Gasteiger partial charge in [-0.15, -0.1) is 12.4 Å². The van der Waals surface area contributed by atoms with Crippen molar-refractivity contribution in [3.8, 4) is 0 Å². The van der Waals surface area contributed by atoms with E-state index in [1.54, 1.807) is 24.2 Å². The van der Waals surface area contributed by atoms with Crippen LogP contribution in [0.4, 0.5) is 0 Å². The summed E-state index contributed by atoms with van der Waals surface area (Å²) >= 11 is 0. The number of aromatic nitrogens is 2. The van der Waals surface area contributed by atoms with E-state index in [-0.39, 0.29) is 30.5 Å². The molecule has 1 aliphatic rings. The van der Waals surface area contributed by atoms with Crippen molar-refractivity contribution in [3.63, 3.8) is 0 Å². The molecule has 2 aromatic rings. The molecule has 1 aromatic carbocycles. The zero-order valence-corrected chi connectivity index (χ0v) is 13.8. The molecule has 1 amide bonds. The van der Waals surface area contributed by atoms with Crippen LogP contribution in [0.15, 0.2) is 42.7 Å². The van der Waals surface area contributed by atoms with Crippen LogP contribution in [0.5, 0.6) is 0 Å². The number of nitrogens with one attached hydrogen (secondary N) is 2. The Morgan fingerprint density at radius 1 is 1.39 bits per heavy atom. The Morgan fingerprint density at radius 3 is 2.91 bits per heavy atom. The monoisotopic (exact) mass is 336 g/mol. The Balaban J connectivity index is 0.00000192. The SMILES string of the molecule is CO[C@H]1CNCC1NC(=O)c1cnn(Cc2ccccc2)c1.Cl. The fourth-order valence-corrected chi connectivity index (χ4v) is 2.64. The summed E-state index contributed by atoms with van der Waals surface area (Å²) in [6.45, 7) is 2.14. The van der Waals surface area contributed by atoms with Gasteiger partial charge in [0.25, 0.3) is 5.91 Å². The standard InChI is InChI=1S/C16H20N4O2.ClH/c1-22-15-9-17-8-14(15)19-16(21)13-7-18-20(11-13)10-12-5-3-2-4-6-12;/h2-7,11,14-15,17H,8-10H2,1H3,(H,19,21);1H/t14?,15-;/m0./s1. The van der Waals surface area contributed by atoms with Gasteiger partial charge in [0.05, 0.1) is 30.5 Å². The number of ether oxygens (including phenoxy) is 1. The topological polar surface area (TPSA) is 68.2 Å². The Hall–Kier alpha value is -1.89. The summed E-state index contributed by atoms with van der Waals surface area (Å²) in [6.07, 6.45) is 3.39. The third-order valence-corrected chi connectivity index (χ3v) is 3.86. The number of methoxy groups -OCH3 is 1. The molecule has 1 aliphatic heterocycles. The zero-order valence-electron chi connectivity index (χ0n) is 12.9. The van der Waals surface area contributed by atoms with Gasteiger partial charge in [0.1, 0.15) is 0 Å². The Kier molecular flexibility index (Phi) is 6.15. The van der Waals surface area contributed by atoms with Gasteiger partial charge in [-0.1, -0.05) is 30.3 Å². The van der Waals surface area contributed by atoms with Crippen LogP contribution in [-0.4, -0.2) is 48.0 Å². The van der Waals surface area contributed by atoms with Gasteiger partial charge >= 0.3 is 0 Å². The summed E-state index contributed by atoms with van der Waals surface area (Å²) in [4.78, 5) is 12.3. The molecule has 1 fully saturated rings. The molecule has 0 aliphatic carbocycles. The van der Waals surface area contributed by atoms with Crippen LogP contribution < -0.4 is 10.6 Å². The number of amides is 1. The highest BCUT2D eigenvalue weighted by atomic mass is 35.5. The predicted octanol–water partition coefficient (Wildman–Crippen LogP) is 1.07. The maximum atomic E-state index is 12.3. The number of carbonyl (C=O) groups excluding carboxylic acids is 1. The second-order valence-corrected chi connectivity index (χ2v) is 5.42. The summed E-state index contributed by atoms with van der Waals surface area (Å²) < 4.78 is 7.12. The van der Waals surface area contributed by atoms with Crippen LogP contribution in [-0.2, 0) is 11.3 Å². The molecule has 0 saturated carbocycles. The summed E-state index contributed by atoms with van der Waals surface area (Å²) in [5.41, 5.74) is 1.72. The van der Waals surface area contributed by atoms with Gasteiger partial charge in [0, 0.05) is 26.4 Å². The number of halogens is 1. The molecule has 0 spiro atoms. The van der Waals surface area contributed by atoms with Gasteiger partial charge < -0.3 is 15.4 Å². The highest BCUT2D eigenvalue weighted by Crippen LogP contribution is 2.07. The van der Waals surface area contributed by atoms with Crippen molar-refractivity contribution in [2.75, 3.05) is 20.2 Å². The van der Waals surface area contributed by atoms with E-state index < -0.39 is 0 Å². The molecule has 2 atom stereocenters. The van der Waals surface area contributed by atoms with Gasteiger partial charge in [-0.2, -0.15) is 5.10 Å². The van der Waals surface area contributed by atoms with Crippen LogP contribution in [0.1, 0.15) is 15.9 Å². The van der Waals surface area contributed by atoms with Crippen molar-refractivity contribution in [2.24, 2.45) is 0 Å². The Labute approximate surface area is 141 Å². The Morgan fingerprint density at radius 2 is 2.17 bits per heavy atom. The Bertz CT molecular complexity index is 632. The minimum Gasteiger partial charge on any atom is -0.378 e. The quantitative estimate of drug-likeness (QED) is 0.857. The largest absolute Gasteiger partial charge is 0.378 e. The van der Waals surface area contributed by atoms with E-state index in [0.29, 0.717) is 12.1 Å². The van der Waals surface area contributed by atoms with Gasteiger partial charge in [-0.3, -0.25) is 9.48 Å². The van der Waals surface area contributed by atoms with E-state index in [1.165, 1.54) is 0 Å². The van der Waals surface area contributed by atoms with Gasteiger partial charge in [-0.25, -0.2) is 0 Å². The first kappa shape index (κ1) is 17.5. The first-order valence-corrected chi connectivity index (χ1v) is 7.37. The van der Waals surface area contributed by atoms with Crippen molar-refractivity contribution >= 4 is 18.3 Å². The van der Waals surface area contributed by atoms with Crippen molar-refractivity contribution < 1.29 is 9.53 Å². The third-order valence-electron chi connectivity index (χ3n) is 3.86. The highest BCUT2D eigenvalue weighted by Gasteiger charge is 2.28. The molecule has 0 radical (unpaired) electrons. The third kappa shape index (κ3) is 4.31. The predicted molar refractivity (Wildman–Crippen MR) is 89.9 cm³/mol. The van der Waals surface area contributed by atoms with E-state index in [9.17, 15) is 4.79 Å². The zero-order chi connectivity index (χ0) is 15.4. The lowest BCUT2D eigenvalue weighted by molar-refractivity contribution is 0.0780. The first-order chi connectivity index (χ1) is 10.8. The van der Waals surface area contributed by atoms with E-state index in [2.05, 4.69) is 15.7 Å². The maximum Gasteiger partial charge on any atom is 0.254 e. The lowest BCUT2D eigenvalue weighted by atomic mass is 10.2. The fraction of sp³-hybridized carbons (Fsp3) is 0.375. The minimum atomic E-state index is -0.116. The van der Waals surface area contributed by atoms with Gasteiger partial charge in [0.15, 0.2) is 0 Å². The molecule has 1 aromatic heterocycles. The first-order valence-electron chi connectivity index (χ1n) is 7.37. The molecular formula is C16H21ClN4O2. The molecule has 23 heavy (non-hydrogen) atoms. The van der Waals surface area contributed by atoms with Gasteiger partial charge in [0.2, 0.25) is 0 Å². The second kappa shape index (κ2) is 8.10. The average Bonchev–Trinajstić information content (AvgIpc) is 3.17. The molecule has 7 heteroatoms. The van der Waals surface area contributed by atoms with Crippen LogP contribution in [0.2, 0.25) is 0 Å². The number of carbonyl (C=O) groups is 1. The summed E-state index contributed by atoms with van der Waals surface area (Å²) in [5, 5.41) is 10.5. The van der Waals surface area contributed by atoms with Crippen LogP contribution in [0, 0.1) is 0 Å². The van der Waals surface area contributed by atoms with E-state index in [0.717, 1.165) is 18.7 Å². The fourth-order valence-electron chi connectivity index (χ4n) is 2.64.